The van der Waals surface area contributed by atoms with E-state index in [1.165, 1.54) is 13.4 Å². The molecular weight excluding hydrogens is 266 g/mol. The van der Waals surface area contributed by atoms with E-state index in [0.717, 1.165) is 0 Å². The molecule has 0 radical (unpaired) electrons. The number of ether oxygens (including phenoxy) is 2. The minimum absolute atomic E-state index is 0.00943. The van der Waals surface area contributed by atoms with Crippen molar-refractivity contribution in [3.8, 4) is 0 Å². The Bertz CT molecular complexity index is 696. The van der Waals surface area contributed by atoms with Gasteiger partial charge in [-0.3, -0.25) is 14.3 Å². The van der Waals surface area contributed by atoms with Crippen molar-refractivity contribution < 1.29 is 14.6 Å². The lowest BCUT2D eigenvalue weighted by atomic mass is 10.1. The zero-order valence-corrected chi connectivity index (χ0v) is 11.0. The topological polar surface area (TPSA) is 128 Å². The highest BCUT2D eigenvalue weighted by Gasteiger charge is 2.43. The van der Waals surface area contributed by atoms with Gasteiger partial charge in [0.1, 0.15) is 12.2 Å². The van der Waals surface area contributed by atoms with Gasteiger partial charge in [-0.2, -0.15) is 4.98 Å². The van der Waals surface area contributed by atoms with Crippen LogP contribution in [-0.4, -0.2) is 50.0 Å². The molecule has 9 nitrogen and oxygen atoms in total. The van der Waals surface area contributed by atoms with E-state index in [1.807, 2.05) is 0 Å². The van der Waals surface area contributed by atoms with Gasteiger partial charge < -0.3 is 20.3 Å². The molecule has 4 N–H and O–H groups in total. The number of hydrogen-bond acceptors (Lipinski definition) is 7. The average molecular weight is 281 g/mol. The highest BCUT2D eigenvalue weighted by atomic mass is 16.6. The Labute approximate surface area is 113 Å². The summed E-state index contributed by atoms with van der Waals surface area (Å²) in [4.78, 5) is 22.2. The number of aromatic nitrogens is 4. The first-order chi connectivity index (χ1) is 9.52. The van der Waals surface area contributed by atoms with Gasteiger partial charge >= 0.3 is 0 Å². The maximum Gasteiger partial charge on any atom is 0.280 e. The van der Waals surface area contributed by atoms with E-state index >= 15 is 0 Å². The van der Waals surface area contributed by atoms with Crippen molar-refractivity contribution in [2.45, 2.75) is 31.5 Å². The first-order valence-electron chi connectivity index (χ1n) is 6.11. The van der Waals surface area contributed by atoms with E-state index in [9.17, 15) is 9.90 Å². The summed E-state index contributed by atoms with van der Waals surface area (Å²) >= 11 is 0. The maximum atomic E-state index is 11.7. The van der Waals surface area contributed by atoms with Gasteiger partial charge in [0, 0.05) is 7.11 Å². The van der Waals surface area contributed by atoms with Crippen LogP contribution in [0.4, 0.5) is 5.95 Å². The van der Waals surface area contributed by atoms with E-state index in [4.69, 9.17) is 15.2 Å². The summed E-state index contributed by atoms with van der Waals surface area (Å²) in [7, 11) is 1.48. The maximum absolute atomic E-state index is 11.7. The average Bonchev–Trinajstić information content (AvgIpc) is 2.92. The number of aromatic amines is 1. The van der Waals surface area contributed by atoms with Gasteiger partial charge in [-0.25, -0.2) is 4.98 Å². The van der Waals surface area contributed by atoms with Crippen LogP contribution in [0.15, 0.2) is 11.1 Å². The van der Waals surface area contributed by atoms with Crippen LogP contribution in [0.25, 0.3) is 11.2 Å². The fraction of sp³-hybridized carbons (Fsp3) is 0.545. The molecule has 0 aromatic carbocycles. The number of H-pyrrole nitrogens is 1. The quantitative estimate of drug-likeness (QED) is 0.643. The van der Waals surface area contributed by atoms with Crippen molar-refractivity contribution in [2.75, 3.05) is 12.8 Å². The minimum Gasteiger partial charge on any atom is -0.388 e. The molecule has 108 valence electrons. The number of nitrogens with zero attached hydrogens (tertiary/aromatic N) is 3. The summed E-state index contributed by atoms with van der Waals surface area (Å²) in [5.74, 6) is -0.00943. The van der Waals surface area contributed by atoms with Gasteiger partial charge in [-0.15, -0.1) is 0 Å². The fourth-order valence-corrected chi connectivity index (χ4v) is 2.42. The third-order valence-corrected chi connectivity index (χ3v) is 3.45. The predicted molar refractivity (Wildman–Crippen MR) is 68.9 cm³/mol. The Morgan fingerprint density at radius 2 is 2.35 bits per heavy atom. The number of nitrogens with two attached hydrogens (primary N) is 1. The molecule has 20 heavy (non-hydrogen) atoms. The van der Waals surface area contributed by atoms with Crippen LogP contribution in [-0.2, 0) is 9.47 Å². The van der Waals surface area contributed by atoms with Crippen molar-refractivity contribution in [3.63, 3.8) is 0 Å². The van der Waals surface area contributed by atoms with Crippen molar-refractivity contribution in [1.82, 2.24) is 19.5 Å². The summed E-state index contributed by atoms with van der Waals surface area (Å²) in [6, 6.07) is 0. The van der Waals surface area contributed by atoms with Crippen LogP contribution in [0, 0.1) is 0 Å². The zero-order valence-electron chi connectivity index (χ0n) is 11.0. The Morgan fingerprint density at radius 3 is 3.05 bits per heavy atom. The normalized spacial score (nSPS) is 30.1. The molecule has 0 aliphatic carbocycles. The predicted octanol–water partition coefficient (Wildman–Crippen LogP) is -1.00. The summed E-state index contributed by atoms with van der Waals surface area (Å²) in [6.45, 7) is 1.74. The molecule has 1 aliphatic rings. The standard InChI is InChI=1S/C11H15N5O4/c1-4-6(17)7(19-2)10(20-4)16-3-13-5-8(16)14-11(12)15-9(5)18/h3-4,6-7,10,17H,1-2H3,(H3,12,14,15,18)/t4-,6?,7?,10-/m1/s1. The third-order valence-electron chi connectivity index (χ3n) is 3.45. The van der Waals surface area contributed by atoms with Crippen molar-refractivity contribution in [2.24, 2.45) is 0 Å². The van der Waals surface area contributed by atoms with Crippen molar-refractivity contribution >= 4 is 17.1 Å². The number of anilines is 1. The number of rotatable bonds is 2. The number of aliphatic hydroxyl groups excluding tert-OH is 1. The fourth-order valence-electron chi connectivity index (χ4n) is 2.42. The molecular formula is C11H15N5O4. The van der Waals surface area contributed by atoms with Crippen LogP contribution >= 0.6 is 0 Å². The summed E-state index contributed by atoms with van der Waals surface area (Å²) < 4.78 is 12.5. The van der Waals surface area contributed by atoms with Crippen LogP contribution in [0.2, 0.25) is 0 Å². The van der Waals surface area contributed by atoms with Crippen molar-refractivity contribution in [1.29, 1.82) is 0 Å². The molecule has 0 saturated carbocycles. The number of methoxy groups -OCH3 is 1. The lowest BCUT2D eigenvalue weighted by Gasteiger charge is -2.19. The number of hydrogen-bond donors (Lipinski definition) is 3. The van der Waals surface area contributed by atoms with Gasteiger partial charge in [-0.1, -0.05) is 0 Å². The van der Waals surface area contributed by atoms with Gasteiger partial charge in [0.25, 0.3) is 5.56 Å². The molecule has 2 aromatic heterocycles. The second-order valence-corrected chi connectivity index (χ2v) is 4.70. The zero-order chi connectivity index (χ0) is 14.4. The molecule has 0 bridgehead atoms. The first-order valence-corrected chi connectivity index (χ1v) is 6.11. The highest BCUT2D eigenvalue weighted by molar-refractivity contribution is 5.70. The molecule has 4 atom stereocenters. The lowest BCUT2D eigenvalue weighted by molar-refractivity contribution is -0.0472. The van der Waals surface area contributed by atoms with E-state index in [-0.39, 0.29) is 11.5 Å². The van der Waals surface area contributed by atoms with Gasteiger partial charge in [0.05, 0.1) is 12.4 Å². The van der Waals surface area contributed by atoms with E-state index in [0.29, 0.717) is 5.65 Å². The molecule has 9 heteroatoms. The van der Waals surface area contributed by atoms with E-state index in [2.05, 4.69) is 15.0 Å². The van der Waals surface area contributed by atoms with Crippen LogP contribution < -0.4 is 11.3 Å². The molecule has 0 amide bonds. The molecule has 0 spiro atoms. The molecule has 3 rings (SSSR count). The first kappa shape index (κ1) is 13.0. The van der Waals surface area contributed by atoms with E-state index < -0.39 is 30.1 Å². The minimum atomic E-state index is -0.776. The van der Waals surface area contributed by atoms with Crippen LogP contribution in [0.3, 0.4) is 0 Å². The number of aliphatic hydroxyl groups is 1. The summed E-state index contributed by atoms with van der Waals surface area (Å²) in [5, 5.41) is 10.0. The Morgan fingerprint density at radius 1 is 1.60 bits per heavy atom. The third kappa shape index (κ3) is 1.79. The molecule has 1 fully saturated rings. The van der Waals surface area contributed by atoms with Gasteiger partial charge in [-0.05, 0) is 6.92 Å². The monoisotopic (exact) mass is 281 g/mol. The SMILES string of the molecule is COC1C(O)[C@@H](C)O[C@H]1n1cnc2c(=O)[nH]c(N)nc21. The van der Waals surface area contributed by atoms with Crippen molar-refractivity contribution in [3.05, 3.63) is 16.7 Å². The second-order valence-electron chi connectivity index (χ2n) is 4.70. The summed E-state index contributed by atoms with van der Waals surface area (Å²) in [5.41, 5.74) is 5.57. The molecule has 1 aliphatic heterocycles. The number of nitrogen functional groups attached to an aromatic ring is 1. The van der Waals surface area contributed by atoms with Crippen LogP contribution in [0.5, 0.6) is 0 Å². The summed E-state index contributed by atoms with van der Waals surface area (Å²) in [6.07, 6.45) is -0.953. The van der Waals surface area contributed by atoms with E-state index in [1.54, 1.807) is 11.5 Å². The smallest absolute Gasteiger partial charge is 0.280 e. The van der Waals surface area contributed by atoms with Gasteiger partial charge in [0.15, 0.2) is 17.4 Å². The van der Waals surface area contributed by atoms with Crippen LogP contribution in [0.1, 0.15) is 13.2 Å². The Kier molecular flexibility index (Phi) is 2.96. The number of nitrogens with one attached hydrogen (secondary N) is 1. The van der Waals surface area contributed by atoms with Gasteiger partial charge in [0.2, 0.25) is 5.95 Å². The lowest BCUT2D eigenvalue weighted by Crippen LogP contribution is -2.32. The largest absolute Gasteiger partial charge is 0.388 e. The molecule has 3 heterocycles. The molecule has 1 saturated heterocycles. The second kappa shape index (κ2) is 4.54. The highest BCUT2D eigenvalue weighted by Crippen LogP contribution is 2.32. The molecule has 2 unspecified atom stereocenters. The number of imidazole rings is 1. The number of fused-ring (bicyclic) bond motifs is 1. The Hall–Kier alpha value is -1.97. The Balaban J connectivity index is 2.13. The molecule has 2 aromatic rings.